The highest BCUT2D eigenvalue weighted by Crippen LogP contribution is 2.23. The molecule has 110 valence electrons. The van der Waals surface area contributed by atoms with E-state index in [-0.39, 0.29) is 22.9 Å². The summed E-state index contributed by atoms with van der Waals surface area (Å²) >= 11 is 6.12. The number of aromatic nitrogens is 2. The van der Waals surface area contributed by atoms with Crippen LogP contribution in [0, 0.1) is 5.82 Å². The van der Waals surface area contributed by atoms with Crippen molar-refractivity contribution in [1.82, 2.24) is 9.78 Å². The van der Waals surface area contributed by atoms with E-state index in [0.29, 0.717) is 0 Å². The summed E-state index contributed by atoms with van der Waals surface area (Å²) in [5.41, 5.74) is 0.161. The summed E-state index contributed by atoms with van der Waals surface area (Å²) in [5, 5.41) is 3.03. The minimum absolute atomic E-state index is 0.148. The normalized spacial score (nSPS) is 12.4. The van der Waals surface area contributed by atoms with Crippen LogP contribution in [0.3, 0.4) is 0 Å². The fourth-order valence-electron chi connectivity index (χ4n) is 1.87. The molecule has 0 amide bonds. The number of alkyl halides is 1. The SMILES string of the molecule is CC(C)n1nc(C(Cl)C(=O)c2cccc(F)c2)ccc1=O. The number of Topliss-reactive ketones (excluding diaryl/α,β-unsaturated/α-hetero) is 1. The van der Waals surface area contributed by atoms with Crippen LogP contribution in [0.5, 0.6) is 0 Å². The first-order valence-electron chi connectivity index (χ1n) is 6.43. The molecule has 21 heavy (non-hydrogen) atoms. The molecule has 0 aliphatic carbocycles. The Kier molecular flexibility index (Phi) is 4.53. The number of carbonyl (C=O) groups excluding carboxylic acids is 1. The minimum Gasteiger partial charge on any atom is -0.292 e. The molecule has 0 fully saturated rings. The number of carbonyl (C=O) groups is 1. The van der Waals surface area contributed by atoms with Gasteiger partial charge in [-0.25, -0.2) is 9.07 Å². The third kappa shape index (κ3) is 3.36. The molecule has 0 aliphatic heterocycles. The second-order valence-corrected chi connectivity index (χ2v) is 5.31. The van der Waals surface area contributed by atoms with Gasteiger partial charge in [0, 0.05) is 11.6 Å². The standard InChI is InChI=1S/C15H14ClFN2O2/c1-9(2)19-13(20)7-6-12(18-19)14(16)15(21)10-4-3-5-11(17)8-10/h3-9,14H,1-2H3. The van der Waals surface area contributed by atoms with Gasteiger partial charge in [-0.1, -0.05) is 12.1 Å². The van der Waals surface area contributed by atoms with Crippen molar-refractivity contribution in [3.8, 4) is 0 Å². The zero-order valence-electron chi connectivity index (χ0n) is 11.6. The van der Waals surface area contributed by atoms with E-state index in [0.717, 1.165) is 6.07 Å². The van der Waals surface area contributed by atoms with E-state index in [1.54, 1.807) is 13.8 Å². The van der Waals surface area contributed by atoms with E-state index in [9.17, 15) is 14.0 Å². The van der Waals surface area contributed by atoms with Crippen LogP contribution in [0.2, 0.25) is 0 Å². The van der Waals surface area contributed by atoms with Crippen molar-refractivity contribution in [3.05, 3.63) is 63.8 Å². The van der Waals surface area contributed by atoms with Gasteiger partial charge in [-0.2, -0.15) is 5.10 Å². The lowest BCUT2D eigenvalue weighted by molar-refractivity contribution is 0.0984. The van der Waals surface area contributed by atoms with Gasteiger partial charge in [0.05, 0.1) is 11.7 Å². The third-order valence-corrected chi connectivity index (χ3v) is 3.36. The highest BCUT2D eigenvalue weighted by Gasteiger charge is 2.22. The Morgan fingerprint density at radius 3 is 2.62 bits per heavy atom. The van der Waals surface area contributed by atoms with Crippen LogP contribution in [-0.4, -0.2) is 15.6 Å². The number of ketones is 1. The highest BCUT2D eigenvalue weighted by atomic mass is 35.5. The summed E-state index contributed by atoms with van der Waals surface area (Å²) < 4.78 is 14.4. The van der Waals surface area contributed by atoms with Gasteiger partial charge in [-0.3, -0.25) is 9.59 Å². The summed E-state index contributed by atoms with van der Waals surface area (Å²) in [6.45, 7) is 3.60. The van der Waals surface area contributed by atoms with Crippen molar-refractivity contribution < 1.29 is 9.18 Å². The third-order valence-electron chi connectivity index (χ3n) is 2.93. The maximum Gasteiger partial charge on any atom is 0.266 e. The molecule has 1 aromatic carbocycles. The molecule has 6 heteroatoms. The maximum atomic E-state index is 13.2. The number of rotatable bonds is 4. The quantitative estimate of drug-likeness (QED) is 0.644. The monoisotopic (exact) mass is 308 g/mol. The molecule has 4 nitrogen and oxygen atoms in total. The Hall–Kier alpha value is -2.01. The fourth-order valence-corrected chi connectivity index (χ4v) is 2.11. The van der Waals surface area contributed by atoms with Crippen molar-refractivity contribution in [2.75, 3.05) is 0 Å². The molecule has 0 N–H and O–H groups in total. The van der Waals surface area contributed by atoms with Crippen LogP contribution in [0.25, 0.3) is 0 Å². The van der Waals surface area contributed by atoms with Gasteiger partial charge >= 0.3 is 0 Å². The molecule has 1 unspecified atom stereocenters. The van der Waals surface area contributed by atoms with E-state index in [1.165, 1.54) is 35.0 Å². The Labute approximate surface area is 126 Å². The molecule has 0 spiro atoms. The summed E-state index contributed by atoms with van der Waals surface area (Å²) in [4.78, 5) is 23.9. The zero-order valence-corrected chi connectivity index (χ0v) is 12.3. The van der Waals surface area contributed by atoms with Crippen LogP contribution in [0.15, 0.2) is 41.2 Å². The minimum atomic E-state index is -1.07. The summed E-state index contributed by atoms with van der Waals surface area (Å²) in [6, 6.07) is 7.87. The predicted octanol–water partition coefficient (Wildman–Crippen LogP) is 3.13. The molecule has 2 rings (SSSR count). The van der Waals surface area contributed by atoms with Crippen LogP contribution in [0.4, 0.5) is 4.39 Å². The van der Waals surface area contributed by atoms with Gasteiger partial charge in [0.2, 0.25) is 0 Å². The number of hydrogen-bond acceptors (Lipinski definition) is 3. The molecule has 2 aromatic rings. The van der Waals surface area contributed by atoms with E-state index in [1.807, 2.05) is 0 Å². The number of hydrogen-bond donors (Lipinski definition) is 0. The first-order chi connectivity index (χ1) is 9.90. The summed E-state index contributed by atoms with van der Waals surface area (Å²) in [5.74, 6) is -0.970. The van der Waals surface area contributed by atoms with Crippen LogP contribution in [-0.2, 0) is 0 Å². The molecule has 1 atom stereocenters. The van der Waals surface area contributed by atoms with Gasteiger partial charge in [-0.15, -0.1) is 11.6 Å². The molecule has 1 aromatic heterocycles. The van der Waals surface area contributed by atoms with Crippen molar-refractivity contribution in [2.45, 2.75) is 25.3 Å². The number of nitrogens with zero attached hydrogens (tertiary/aromatic N) is 2. The molecule has 1 heterocycles. The smallest absolute Gasteiger partial charge is 0.266 e. The first-order valence-corrected chi connectivity index (χ1v) is 6.87. The molecule has 0 saturated heterocycles. The van der Waals surface area contributed by atoms with Crippen molar-refractivity contribution >= 4 is 17.4 Å². The molecule has 0 radical (unpaired) electrons. The fraction of sp³-hybridized carbons (Fsp3) is 0.267. The Morgan fingerprint density at radius 1 is 1.29 bits per heavy atom. The highest BCUT2D eigenvalue weighted by molar-refractivity contribution is 6.33. The molecule has 0 aliphatic rings. The first kappa shape index (κ1) is 15.4. The van der Waals surface area contributed by atoms with E-state index < -0.39 is 17.0 Å². The topological polar surface area (TPSA) is 52.0 Å². The van der Waals surface area contributed by atoms with Crippen molar-refractivity contribution in [1.29, 1.82) is 0 Å². The van der Waals surface area contributed by atoms with E-state index in [4.69, 9.17) is 11.6 Å². The lowest BCUT2D eigenvalue weighted by Crippen LogP contribution is -2.26. The molecular formula is C15H14ClFN2O2. The van der Waals surface area contributed by atoms with E-state index >= 15 is 0 Å². The number of halogens is 2. The Bertz CT molecular complexity index is 728. The predicted molar refractivity (Wildman–Crippen MR) is 78.2 cm³/mol. The molecule has 0 saturated carbocycles. The van der Waals surface area contributed by atoms with Gasteiger partial charge in [0.15, 0.2) is 5.78 Å². The Morgan fingerprint density at radius 2 is 2.00 bits per heavy atom. The maximum absolute atomic E-state index is 13.2. The average molecular weight is 309 g/mol. The molecule has 0 bridgehead atoms. The largest absolute Gasteiger partial charge is 0.292 e. The van der Waals surface area contributed by atoms with Gasteiger partial charge in [0.1, 0.15) is 11.2 Å². The summed E-state index contributed by atoms with van der Waals surface area (Å²) in [6.07, 6.45) is 0. The van der Waals surface area contributed by atoms with Crippen LogP contribution >= 0.6 is 11.6 Å². The van der Waals surface area contributed by atoms with Gasteiger partial charge < -0.3 is 0 Å². The van der Waals surface area contributed by atoms with Gasteiger partial charge in [0.25, 0.3) is 5.56 Å². The zero-order chi connectivity index (χ0) is 15.6. The van der Waals surface area contributed by atoms with Crippen LogP contribution < -0.4 is 5.56 Å². The second-order valence-electron chi connectivity index (χ2n) is 4.87. The lowest BCUT2D eigenvalue weighted by atomic mass is 10.1. The molecular weight excluding hydrogens is 295 g/mol. The van der Waals surface area contributed by atoms with Crippen molar-refractivity contribution in [2.24, 2.45) is 0 Å². The van der Waals surface area contributed by atoms with Gasteiger partial charge in [-0.05, 0) is 32.0 Å². The average Bonchev–Trinajstić information content (AvgIpc) is 2.46. The summed E-state index contributed by atoms with van der Waals surface area (Å²) in [7, 11) is 0. The van der Waals surface area contributed by atoms with Crippen molar-refractivity contribution in [3.63, 3.8) is 0 Å². The lowest BCUT2D eigenvalue weighted by Gasteiger charge is -2.12. The second kappa shape index (κ2) is 6.18. The van der Waals surface area contributed by atoms with Crippen LogP contribution in [0.1, 0.15) is 41.3 Å². The van der Waals surface area contributed by atoms with E-state index in [2.05, 4.69) is 5.10 Å². The number of benzene rings is 1. The Balaban J connectivity index is 2.36.